The molecule has 0 unspecified atom stereocenters. The maximum absolute atomic E-state index is 14.8. The van der Waals surface area contributed by atoms with E-state index in [0.717, 1.165) is 12.1 Å². The van der Waals surface area contributed by atoms with Crippen molar-refractivity contribution in [3.05, 3.63) is 82.3 Å². The van der Waals surface area contributed by atoms with E-state index in [1.54, 1.807) is 0 Å². The smallest absolute Gasteiger partial charge is 0.258 e. The van der Waals surface area contributed by atoms with Crippen molar-refractivity contribution >= 4 is 5.71 Å². The first-order chi connectivity index (χ1) is 11.6. The first kappa shape index (κ1) is 15.5. The summed E-state index contributed by atoms with van der Waals surface area (Å²) in [5.41, 5.74) is -0.750. The quantitative estimate of drug-likeness (QED) is 0.438. The SMILES string of the molecule is O=c1[nH]cncc1-c1ccnc(C(=NO)c2ccc(F)cc2)c1F. The van der Waals surface area contributed by atoms with Crippen LogP contribution in [0.2, 0.25) is 0 Å². The predicted molar refractivity (Wildman–Crippen MR) is 81.9 cm³/mol. The second kappa shape index (κ2) is 6.37. The lowest BCUT2D eigenvalue weighted by Gasteiger charge is -2.08. The summed E-state index contributed by atoms with van der Waals surface area (Å²) in [5.74, 6) is -1.34. The van der Waals surface area contributed by atoms with Crippen molar-refractivity contribution in [2.75, 3.05) is 0 Å². The van der Waals surface area contributed by atoms with E-state index in [1.165, 1.54) is 36.9 Å². The Labute approximate surface area is 134 Å². The van der Waals surface area contributed by atoms with Gasteiger partial charge in [-0.05, 0) is 30.3 Å². The molecule has 1 aromatic carbocycles. The van der Waals surface area contributed by atoms with E-state index in [9.17, 15) is 18.8 Å². The van der Waals surface area contributed by atoms with Gasteiger partial charge in [-0.1, -0.05) is 5.16 Å². The number of nitrogens with zero attached hydrogens (tertiary/aromatic N) is 3. The minimum atomic E-state index is -0.854. The number of H-pyrrole nitrogens is 1. The molecule has 3 rings (SSSR count). The Kier molecular flexibility index (Phi) is 4.11. The van der Waals surface area contributed by atoms with Gasteiger partial charge in [0.2, 0.25) is 0 Å². The summed E-state index contributed by atoms with van der Waals surface area (Å²) in [6.45, 7) is 0. The molecule has 0 atom stereocenters. The highest BCUT2D eigenvalue weighted by molar-refractivity contribution is 6.12. The average molecular weight is 328 g/mol. The Morgan fingerprint density at radius 3 is 2.54 bits per heavy atom. The van der Waals surface area contributed by atoms with Crippen LogP contribution in [0.4, 0.5) is 8.78 Å². The van der Waals surface area contributed by atoms with E-state index in [4.69, 9.17) is 0 Å². The van der Waals surface area contributed by atoms with E-state index in [-0.39, 0.29) is 28.1 Å². The number of oxime groups is 1. The number of aromatic nitrogens is 3. The Bertz CT molecular complexity index is 968. The Morgan fingerprint density at radius 2 is 1.88 bits per heavy atom. The highest BCUT2D eigenvalue weighted by Gasteiger charge is 2.19. The third-order valence-electron chi connectivity index (χ3n) is 3.34. The van der Waals surface area contributed by atoms with Gasteiger partial charge >= 0.3 is 0 Å². The molecular weight excluding hydrogens is 318 g/mol. The molecule has 2 heterocycles. The molecule has 0 bridgehead atoms. The van der Waals surface area contributed by atoms with E-state index < -0.39 is 17.2 Å². The molecule has 0 aliphatic heterocycles. The lowest BCUT2D eigenvalue weighted by Crippen LogP contribution is -2.13. The third kappa shape index (κ3) is 2.76. The zero-order chi connectivity index (χ0) is 17.1. The van der Waals surface area contributed by atoms with Crippen molar-refractivity contribution in [1.82, 2.24) is 15.0 Å². The van der Waals surface area contributed by atoms with Crippen LogP contribution in [0.15, 0.2) is 59.0 Å². The fraction of sp³-hybridized carbons (Fsp3) is 0. The van der Waals surface area contributed by atoms with Crippen LogP contribution in [-0.4, -0.2) is 25.9 Å². The molecule has 2 N–H and O–H groups in total. The van der Waals surface area contributed by atoms with Crippen molar-refractivity contribution in [2.45, 2.75) is 0 Å². The highest BCUT2D eigenvalue weighted by Crippen LogP contribution is 2.22. The molecule has 24 heavy (non-hydrogen) atoms. The standard InChI is InChI=1S/C16H10F2N4O2/c17-10-3-1-9(2-4-10)14(22-24)15-13(18)11(5-6-20-15)12-7-19-8-21-16(12)23/h1-8,24H,(H,19,21,23). The molecule has 6 nitrogen and oxygen atoms in total. The van der Waals surface area contributed by atoms with Gasteiger partial charge in [0.25, 0.3) is 5.56 Å². The molecule has 8 heteroatoms. The lowest BCUT2D eigenvalue weighted by atomic mass is 10.0. The van der Waals surface area contributed by atoms with Crippen LogP contribution in [0.5, 0.6) is 0 Å². The monoisotopic (exact) mass is 328 g/mol. The Hall–Kier alpha value is -3.42. The van der Waals surface area contributed by atoms with Gasteiger partial charge in [0.05, 0.1) is 11.9 Å². The molecule has 0 aliphatic carbocycles. The minimum Gasteiger partial charge on any atom is -0.410 e. The zero-order valence-corrected chi connectivity index (χ0v) is 12.1. The average Bonchev–Trinajstić information content (AvgIpc) is 2.59. The molecule has 2 aromatic heterocycles. The van der Waals surface area contributed by atoms with Crippen LogP contribution in [0, 0.1) is 11.6 Å². The summed E-state index contributed by atoms with van der Waals surface area (Å²) < 4.78 is 27.9. The van der Waals surface area contributed by atoms with Crippen molar-refractivity contribution in [1.29, 1.82) is 0 Å². The minimum absolute atomic E-state index is 0.00930. The molecule has 0 aliphatic rings. The van der Waals surface area contributed by atoms with Gasteiger partial charge in [-0.2, -0.15) is 0 Å². The first-order valence-electron chi connectivity index (χ1n) is 6.77. The number of pyridine rings is 1. The van der Waals surface area contributed by atoms with Crippen LogP contribution in [-0.2, 0) is 0 Å². The number of aromatic amines is 1. The van der Waals surface area contributed by atoms with Gasteiger partial charge in [0.1, 0.15) is 17.2 Å². The molecule has 0 spiro atoms. The molecule has 3 aromatic rings. The van der Waals surface area contributed by atoms with E-state index in [2.05, 4.69) is 20.1 Å². The van der Waals surface area contributed by atoms with Crippen LogP contribution >= 0.6 is 0 Å². The third-order valence-corrected chi connectivity index (χ3v) is 3.34. The summed E-state index contributed by atoms with van der Waals surface area (Å²) >= 11 is 0. The molecule has 0 amide bonds. The normalized spacial score (nSPS) is 11.5. The second-order valence-electron chi connectivity index (χ2n) is 4.77. The largest absolute Gasteiger partial charge is 0.410 e. The summed E-state index contributed by atoms with van der Waals surface area (Å²) in [7, 11) is 0. The summed E-state index contributed by atoms with van der Waals surface area (Å²) in [6.07, 6.45) is 3.68. The second-order valence-corrected chi connectivity index (χ2v) is 4.77. The van der Waals surface area contributed by atoms with Gasteiger partial charge < -0.3 is 10.2 Å². The number of benzene rings is 1. The fourth-order valence-corrected chi connectivity index (χ4v) is 2.20. The number of hydrogen-bond acceptors (Lipinski definition) is 5. The zero-order valence-electron chi connectivity index (χ0n) is 12.1. The van der Waals surface area contributed by atoms with Gasteiger partial charge in [-0.15, -0.1) is 0 Å². The summed E-state index contributed by atoms with van der Waals surface area (Å²) in [6, 6.07) is 6.26. The maximum Gasteiger partial charge on any atom is 0.258 e. The van der Waals surface area contributed by atoms with Gasteiger partial charge in [-0.25, -0.2) is 13.8 Å². The van der Waals surface area contributed by atoms with Crippen LogP contribution in [0.1, 0.15) is 11.3 Å². The molecule has 0 fully saturated rings. The van der Waals surface area contributed by atoms with E-state index in [0.29, 0.717) is 0 Å². The summed E-state index contributed by atoms with van der Waals surface area (Å²) in [5, 5.41) is 12.3. The van der Waals surface area contributed by atoms with Gasteiger partial charge in [0.15, 0.2) is 5.82 Å². The summed E-state index contributed by atoms with van der Waals surface area (Å²) in [4.78, 5) is 21.8. The number of hydrogen-bond donors (Lipinski definition) is 2. The Morgan fingerprint density at radius 1 is 1.12 bits per heavy atom. The van der Waals surface area contributed by atoms with Crippen LogP contribution in [0.25, 0.3) is 11.1 Å². The molecule has 0 saturated heterocycles. The van der Waals surface area contributed by atoms with Crippen LogP contribution < -0.4 is 5.56 Å². The molecular formula is C16H10F2N4O2. The molecule has 120 valence electrons. The lowest BCUT2D eigenvalue weighted by molar-refractivity contribution is 0.319. The van der Waals surface area contributed by atoms with Crippen molar-refractivity contribution in [3.8, 4) is 11.1 Å². The Balaban J connectivity index is 2.16. The van der Waals surface area contributed by atoms with Crippen molar-refractivity contribution < 1.29 is 14.0 Å². The molecule has 0 radical (unpaired) electrons. The van der Waals surface area contributed by atoms with Crippen molar-refractivity contribution in [3.63, 3.8) is 0 Å². The number of rotatable bonds is 3. The maximum atomic E-state index is 14.8. The van der Waals surface area contributed by atoms with Gasteiger partial charge in [0, 0.05) is 23.5 Å². The van der Waals surface area contributed by atoms with Gasteiger partial charge in [-0.3, -0.25) is 9.78 Å². The highest BCUT2D eigenvalue weighted by atomic mass is 19.1. The molecule has 0 saturated carbocycles. The van der Waals surface area contributed by atoms with E-state index >= 15 is 0 Å². The fourth-order valence-electron chi connectivity index (χ4n) is 2.20. The number of nitrogens with one attached hydrogen (secondary N) is 1. The van der Waals surface area contributed by atoms with Crippen LogP contribution in [0.3, 0.4) is 0 Å². The number of halogens is 2. The van der Waals surface area contributed by atoms with Crippen molar-refractivity contribution in [2.24, 2.45) is 5.16 Å². The predicted octanol–water partition coefficient (Wildman–Crippen LogP) is 2.34. The van der Waals surface area contributed by atoms with E-state index in [1.807, 2.05) is 0 Å². The topological polar surface area (TPSA) is 91.2 Å². The first-order valence-corrected chi connectivity index (χ1v) is 6.77.